The maximum Gasteiger partial charge on any atom is 0.229 e. The number of hydrogen-bond donors (Lipinski definition) is 1. The van der Waals surface area contributed by atoms with Crippen LogP contribution < -0.4 is 0 Å². The number of nitrogens with one attached hydrogen (secondary N) is 1. The Balaban J connectivity index is 1.54. The van der Waals surface area contributed by atoms with Crippen LogP contribution >= 0.6 is 0 Å². The van der Waals surface area contributed by atoms with Crippen LogP contribution in [-0.4, -0.2) is 37.7 Å². The molecule has 1 N–H and O–H groups in total. The van der Waals surface area contributed by atoms with Crippen molar-refractivity contribution in [3.63, 3.8) is 0 Å². The zero-order chi connectivity index (χ0) is 16.4. The van der Waals surface area contributed by atoms with Crippen molar-refractivity contribution in [2.24, 2.45) is 0 Å². The van der Waals surface area contributed by atoms with Gasteiger partial charge in [0.15, 0.2) is 5.82 Å². The number of carbonyl (C=O) groups is 1. The molecule has 1 fully saturated rings. The number of carbonyl (C=O) groups excluding carboxylic acids is 1. The number of rotatable bonds is 3. The number of aromatic nitrogens is 4. The lowest BCUT2D eigenvalue weighted by Crippen LogP contribution is -2.36. The predicted octanol–water partition coefficient (Wildman–Crippen LogP) is 2.36. The van der Waals surface area contributed by atoms with Crippen LogP contribution in [0.4, 0.5) is 0 Å². The van der Waals surface area contributed by atoms with Crippen molar-refractivity contribution in [3.8, 4) is 0 Å². The van der Waals surface area contributed by atoms with Crippen LogP contribution in [0.3, 0.4) is 0 Å². The Morgan fingerprint density at radius 2 is 2.17 bits per heavy atom. The van der Waals surface area contributed by atoms with Crippen LogP contribution in [0.15, 0.2) is 10.9 Å². The zero-order valence-electron chi connectivity index (χ0n) is 13.8. The quantitative estimate of drug-likeness (QED) is 0.934. The molecule has 1 aliphatic heterocycles. The van der Waals surface area contributed by atoms with E-state index in [0.29, 0.717) is 12.2 Å². The maximum absolute atomic E-state index is 13.0. The van der Waals surface area contributed by atoms with Crippen LogP contribution in [0.5, 0.6) is 0 Å². The smallest absolute Gasteiger partial charge is 0.229 e. The Bertz CT molecular complexity index is 694. The van der Waals surface area contributed by atoms with Gasteiger partial charge in [0.25, 0.3) is 0 Å². The van der Waals surface area contributed by atoms with E-state index in [0.717, 1.165) is 50.8 Å². The highest BCUT2D eigenvalue weighted by atomic mass is 16.5. The lowest BCUT2D eigenvalue weighted by Gasteiger charge is -2.27. The third-order valence-corrected chi connectivity index (χ3v) is 5.21. The van der Waals surface area contributed by atoms with Crippen LogP contribution in [-0.2, 0) is 24.1 Å². The van der Waals surface area contributed by atoms with E-state index in [9.17, 15) is 4.79 Å². The van der Waals surface area contributed by atoms with Gasteiger partial charge in [0, 0.05) is 12.2 Å². The van der Waals surface area contributed by atoms with Gasteiger partial charge in [0.2, 0.25) is 12.3 Å². The molecule has 4 rings (SSSR count). The highest BCUT2D eigenvalue weighted by Crippen LogP contribution is 2.29. The Morgan fingerprint density at radius 1 is 1.25 bits per heavy atom. The molecule has 2 aromatic heterocycles. The van der Waals surface area contributed by atoms with Crippen LogP contribution in [0.1, 0.15) is 67.3 Å². The molecule has 7 heteroatoms. The van der Waals surface area contributed by atoms with Gasteiger partial charge in [-0.1, -0.05) is 18.0 Å². The van der Waals surface area contributed by atoms with Gasteiger partial charge in [-0.15, -0.1) is 0 Å². The molecule has 2 aromatic rings. The minimum atomic E-state index is -0.0754. The average molecular weight is 329 g/mol. The van der Waals surface area contributed by atoms with Crippen molar-refractivity contribution in [2.45, 2.75) is 63.8 Å². The molecule has 0 aromatic carbocycles. The fourth-order valence-electron chi connectivity index (χ4n) is 3.94. The lowest BCUT2D eigenvalue weighted by molar-refractivity contribution is -0.133. The maximum atomic E-state index is 13.0. The van der Waals surface area contributed by atoms with E-state index in [1.807, 2.05) is 4.90 Å². The van der Waals surface area contributed by atoms with E-state index >= 15 is 0 Å². The van der Waals surface area contributed by atoms with E-state index in [1.54, 1.807) is 0 Å². The molecule has 2 aliphatic rings. The van der Waals surface area contributed by atoms with Crippen molar-refractivity contribution in [1.82, 2.24) is 25.2 Å². The molecule has 1 atom stereocenters. The molecule has 1 unspecified atom stereocenters. The van der Waals surface area contributed by atoms with E-state index in [1.165, 1.54) is 30.5 Å². The second-order valence-corrected chi connectivity index (χ2v) is 6.75. The molecule has 1 amide bonds. The van der Waals surface area contributed by atoms with Crippen molar-refractivity contribution in [3.05, 3.63) is 29.2 Å². The number of H-pyrrole nitrogens is 1. The van der Waals surface area contributed by atoms with E-state index in [2.05, 4.69) is 20.3 Å². The second-order valence-electron chi connectivity index (χ2n) is 6.75. The summed E-state index contributed by atoms with van der Waals surface area (Å²) in [7, 11) is 0. The fourth-order valence-corrected chi connectivity index (χ4v) is 3.94. The highest BCUT2D eigenvalue weighted by molar-refractivity contribution is 5.79. The summed E-state index contributed by atoms with van der Waals surface area (Å²) in [4.78, 5) is 19.1. The molecule has 128 valence electrons. The SMILES string of the molecule is O=C(Cc1n[nH]c2c1CCCC2)N1CCCCCC1c1ncon1. The number of aryl methyl sites for hydroxylation is 1. The molecular formula is C17H23N5O2. The summed E-state index contributed by atoms with van der Waals surface area (Å²) in [6.45, 7) is 0.755. The van der Waals surface area contributed by atoms with Gasteiger partial charge >= 0.3 is 0 Å². The fraction of sp³-hybridized carbons (Fsp3) is 0.647. The average Bonchev–Trinajstić information content (AvgIpc) is 3.20. The summed E-state index contributed by atoms with van der Waals surface area (Å²) < 4.78 is 4.90. The van der Waals surface area contributed by atoms with E-state index < -0.39 is 0 Å². The van der Waals surface area contributed by atoms with Gasteiger partial charge in [-0.3, -0.25) is 9.89 Å². The first-order valence-corrected chi connectivity index (χ1v) is 8.93. The molecule has 1 aliphatic carbocycles. The van der Waals surface area contributed by atoms with Crippen LogP contribution in [0.25, 0.3) is 0 Å². The Morgan fingerprint density at radius 3 is 3.04 bits per heavy atom. The topological polar surface area (TPSA) is 87.9 Å². The molecule has 0 spiro atoms. The molecule has 3 heterocycles. The third-order valence-electron chi connectivity index (χ3n) is 5.21. The van der Waals surface area contributed by atoms with Crippen molar-refractivity contribution in [1.29, 1.82) is 0 Å². The molecule has 0 radical (unpaired) electrons. The van der Waals surface area contributed by atoms with Crippen molar-refractivity contribution >= 4 is 5.91 Å². The summed E-state index contributed by atoms with van der Waals surface area (Å²) >= 11 is 0. The standard InChI is InChI=1S/C17H23N5O2/c23-16(10-14-12-6-3-4-7-13(12)19-20-14)22-9-5-1-2-8-15(22)17-18-11-24-21-17/h11,15H,1-10H2,(H,19,20). The van der Waals surface area contributed by atoms with Gasteiger partial charge < -0.3 is 9.42 Å². The Hall–Kier alpha value is -2.18. The summed E-state index contributed by atoms with van der Waals surface area (Å²) in [5.41, 5.74) is 3.40. The first-order chi connectivity index (χ1) is 11.8. The van der Waals surface area contributed by atoms with Gasteiger partial charge in [0.1, 0.15) is 0 Å². The zero-order valence-corrected chi connectivity index (χ0v) is 13.8. The van der Waals surface area contributed by atoms with E-state index in [4.69, 9.17) is 4.52 Å². The summed E-state index contributed by atoms with van der Waals surface area (Å²) in [6.07, 6.45) is 10.3. The third kappa shape index (κ3) is 2.95. The van der Waals surface area contributed by atoms with Gasteiger partial charge in [-0.05, 0) is 44.1 Å². The van der Waals surface area contributed by atoms with E-state index in [-0.39, 0.29) is 11.9 Å². The summed E-state index contributed by atoms with van der Waals surface area (Å²) in [5.74, 6) is 0.737. The number of amides is 1. The van der Waals surface area contributed by atoms with Crippen molar-refractivity contribution < 1.29 is 9.32 Å². The Kier molecular flexibility index (Phi) is 4.32. The lowest BCUT2D eigenvalue weighted by atomic mass is 9.95. The van der Waals surface area contributed by atoms with Gasteiger partial charge in [-0.2, -0.15) is 10.1 Å². The van der Waals surface area contributed by atoms with Gasteiger partial charge in [-0.25, -0.2) is 0 Å². The molecule has 7 nitrogen and oxygen atoms in total. The normalized spacial score (nSPS) is 21.3. The molecular weight excluding hydrogens is 306 g/mol. The van der Waals surface area contributed by atoms with Crippen LogP contribution in [0, 0.1) is 0 Å². The molecule has 1 saturated heterocycles. The number of hydrogen-bond acceptors (Lipinski definition) is 5. The molecule has 0 saturated carbocycles. The molecule has 24 heavy (non-hydrogen) atoms. The first-order valence-electron chi connectivity index (χ1n) is 8.93. The highest BCUT2D eigenvalue weighted by Gasteiger charge is 2.30. The molecule has 0 bridgehead atoms. The van der Waals surface area contributed by atoms with Crippen LogP contribution in [0.2, 0.25) is 0 Å². The van der Waals surface area contributed by atoms with Crippen molar-refractivity contribution in [2.75, 3.05) is 6.54 Å². The number of likely N-dealkylation sites (tertiary alicyclic amines) is 1. The largest absolute Gasteiger partial charge is 0.343 e. The summed E-state index contributed by atoms with van der Waals surface area (Å²) in [5, 5.41) is 11.5. The monoisotopic (exact) mass is 329 g/mol. The first kappa shape index (κ1) is 15.4. The number of nitrogens with zero attached hydrogens (tertiary/aromatic N) is 4. The van der Waals surface area contributed by atoms with Gasteiger partial charge in [0.05, 0.1) is 18.2 Å². The Labute approximate surface area is 140 Å². The minimum absolute atomic E-state index is 0.0754. The number of aromatic amines is 1. The summed E-state index contributed by atoms with van der Waals surface area (Å²) in [6, 6.07) is -0.0754. The number of fused-ring (bicyclic) bond motifs is 1. The predicted molar refractivity (Wildman–Crippen MR) is 86.2 cm³/mol. The second kappa shape index (κ2) is 6.75. The minimum Gasteiger partial charge on any atom is -0.343 e.